The lowest BCUT2D eigenvalue weighted by Gasteiger charge is -2.32. The highest BCUT2D eigenvalue weighted by Crippen LogP contribution is 2.29. The van der Waals surface area contributed by atoms with Crippen LogP contribution >= 0.6 is 11.6 Å². The molecule has 3 nitrogen and oxygen atoms in total. The minimum Gasteiger partial charge on any atom is -0.358 e. The first-order valence-corrected chi connectivity index (χ1v) is 8.09. The maximum absolute atomic E-state index is 14.5. The molecule has 1 saturated heterocycles. The van der Waals surface area contributed by atoms with Crippen LogP contribution in [0.15, 0.2) is 42.5 Å². The average Bonchev–Trinajstić information content (AvgIpc) is 2.57. The number of nitrogens with one attached hydrogen (secondary N) is 1. The van der Waals surface area contributed by atoms with E-state index < -0.39 is 5.82 Å². The molecule has 0 atom stereocenters. The Labute approximate surface area is 140 Å². The first-order valence-electron chi connectivity index (χ1n) is 7.71. The molecule has 1 heterocycles. The monoisotopic (exact) mass is 333 g/mol. The summed E-state index contributed by atoms with van der Waals surface area (Å²) in [5.41, 5.74) is 1.19. The predicted molar refractivity (Wildman–Crippen MR) is 90.1 cm³/mol. The molecule has 120 valence electrons. The van der Waals surface area contributed by atoms with Crippen LogP contribution in [0.3, 0.4) is 0 Å². The molecule has 0 radical (unpaired) electrons. The molecule has 1 aliphatic heterocycles. The van der Waals surface area contributed by atoms with Crippen LogP contribution in [0.1, 0.15) is 15.9 Å². The van der Waals surface area contributed by atoms with Crippen molar-refractivity contribution in [3.63, 3.8) is 0 Å². The van der Waals surface area contributed by atoms with E-state index in [1.54, 1.807) is 30.3 Å². The van der Waals surface area contributed by atoms with E-state index in [1.165, 1.54) is 11.0 Å². The number of anilines is 1. The molecule has 0 saturated carbocycles. The van der Waals surface area contributed by atoms with Gasteiger partial charge in [-0.05, 0) is 12.1 Å². The van der Waals surface area contributed by atoms with Gasteiger partial charge < -0.3 is 9.80 Å². The second kappa shape index (κ2) is 6.69. The molecule has 1 N–H and O–H groups in total. The van der Waals surface area contributed by atoms with E-state index in [1.807, 2.05) is 11.0 Å². The standard InChI is InChI=1S/C18H18ClFN2O/c1-21-7-9-22(10-8-21)17-12-15(19)14(11-16(17)20)18(23)13-5-3-2-4-6-13/h2-6,11-12H,7-10H2,1H3/p+1. The highest BCUT2D eigenvalue weighted by atomic mass is 35.5. The lowest BCUT2D eigenvalue weighted by molar-refractivity contribution is -0.880. The summed E-state index contributed by atoms with van der Waals surface area (Å²) in [4.78, 5) is 15.9. The van der Waals surface area contributed by atoms with Crippen molar-refractivity contribution < 1.29 is 14.1 Å². The minimum atomic E-state index is -0.395. The molecule has 3 rings (SSSR count). The maximum atomic E-state index is 14.5. The van der Waals surface area contributed by atoms with Gasteiger partial charge in [-0.1, -0.05) is 41.9 Å². The van der Waals surface area contributed by atoms with Gasteiger partial charge in [-0.3, -0.25) is 4.79 Å². The summed E-state index contributed by atoms with van der Waals surface area (Å²) in [5, 5.41) is 0.293. The van der Waals surface area contributed by atoms with E-state index in [0.717, 1.165) is 26.2 Å². The van der Waals surface area contributed by atoms with Gasteiger partial charge in [0.15, 0.2) is 5.78 Å². The number of ketones is 1. The Morgan fingerprint density at radius 1 is 1.17 bits per heavy atom. The van der Waals surface area contributed by atoms with Crippen LogP contribution in [-0.4, -0.2) is 39.0 Å². The van der Waals surface area contributed by atoms with Gasteiger partial charge in [0.25, 0.3) is 0 Å². The first-order chi connectivity index (χ1) is 11.1. The van der Waals surface area contributed by atoms with Gasteiger partial charge in [0.1, 0.15) is 5.82 Å². The number of likely N-dealkylation sites (N-methyl/N-ethyl adjacent to an activating group) is 1. The molecule has 2 aromatic rings. The minimum absolute atomic E-state index is 0.207. The quantitative estimate of drug-likeness (QED) is 0.870. The highest BCUT2D eigenvalue weighted by Gasteiger charge is 2.22. The van der Waals surface area contributed by atoms with Gasteiger partial charge in [0.2, 0.25) is 0 Å². The Morgan fingerprint density at radius 3 is 2.48 bits per heavy atom. The molecule has 0 spiro atoms. The van der Waals surface area contributed by atoms with Crippen LogP contribution in [0.5, 0.6) is 0 Å². The highest BCUT2D eigenvalue weighted by molar-refractivity contribution is 6.35. The second-order valence-electron chi connectivity index (χ2n) is 5.92. The summed E-state index contributed by atoms with van der Waals surface area (Å²) >= 11 is 6.27. The van der Waals surface area contributed by atoms with Crippen LogP contribution in [0, 0.1) is 5.82 Å². The van der Waals surface area contributed by atoms with E-state index >= 15 is 0 Å². The molecule has 2 aromatic carbocycles. The normalized spacial score (nSPS) is 15.7. The van der Waals surface area contributed by atoms with Crippen LogP contribution in [0.25, 0.3) is 0 Å². The van der Waals surface area contributed by atoms with E-state index in [9.17, 15) is 9.18 Å². The fourth-order valence-corrected chi connectivity index (χ4v) is 3.07. The van der Waals surface area contributed by atoms with Gasteiger partial charge in [-0.25, -0.2) is 4.39 Å². The van der Waals surface area contributed by atoms with Crippen LogP contribution < -0.4 is 9.80 Å². The number of hydrogen-bond donors (Lipinski definition) is 1. The molecule has 0 aromatic heterocycles. The topological polar surface area (TPSA) is 24.8 Å². The zero-order valence-corrected chi connectivity index (χ0v) is 13.7. The Kier molecular flexibility index (Phi) is 4.64. The Balaban J connectivity index is 1.90. The number of rotatable bonds is 3. The Morgan fingerprint density at radius 2 is 1.83 bits per heavy atom. The third kappa shape index (κ3) is 3.38. The summed E-state index contributed by atoms with van der Waals surface area (Å²) in [5.74, 6) is -0.655. The number of carbonyl (C=O) groups excluding carboxylic acids is 1. The number of halogens is 2. The second-order valence-corrected chi connectivity index (χ2v) is 6.33. The maximum Gasteiger partial charge on any atom is 0.194 e. The molecular weight excluding hydrogens is 315 g/mol. The van der Waals surface area contributed by atoms with Gasteiger partial charge in [-0.2, -0.15) is 0 Å². The van der Waals surface area contributed by atoms with E-state index in [2.05, 4.69) is 7.05 Å². The lowest BCUT2D eigenvalue weighted by atomic mass is 10.0. The third-order valence-electron chi connectivity index (χ3n) is 4.27. The van der Waals surface area contributed by atoms with Gasteiger partial charge in [0, 0.05) is 11.1 Å². The van der Waals surface area contributed by atoms with Gasteiger partial charge in [-0.15, -0.1) is 0 Å². The van der Waals surface area contributed by atoms with Crippen molar-refractivity contribution >= 4 is 23.1 Å². The van der Waals surface area contributed by atoms with Crippen LogP contribution in [0.2, 0.25) is 5.02 Å². The molecule has 1 aliphatic rings. The zero-order valence-electron chi connectivity index (χ0n) is 13.0. The number of hydrogen-bond acceptors (Lipinski definition) is 2. The SMILES string of the molecule is C[NH+]1CCN(c2cc(Cl)c(C(=O)c3ccccc3)cc2F)CC1. The Bertz CT molecular complexity index is 712. The number of piperazine rings is 1. The summed E-state index contributed by atoms with van der Waals surface area (Å²) in [6, 6.07) is 11.6. The summed E-state index contributed by atoms with van der Waals surface area (Å²) < 4.78 is 14.5. The summed E-state index contributed by atoms with van der Waals surface area (Å²) in [6.07, 6.45) is 0. The van der Waals surface area contributed by atoms with Crippen molar-refractivity contribution in [3.05, 3.63) is 64.4 Å². The van der Waals surface area contributed by atoms with E-state index in [4.69, 9.17) is 11.6 Å². The van der Waals surface area contributed by atoms with Crippen molar-refractivity contribution in [2.45, 2.75) is 0 Å². The molecule has 23 heavy (non-hydrogen) atoms. The van der Waals surface area contributed by atoms with E-state index in [0.29, 0.717) is 16.3 Å². The summed E-state index contributed by atoms with van der Waals surface area (Å²) in [7, 11) is 2.13. The number of nitrogens with zero attached hydrogens (tertiary/aromatic N) is 1. The molecular formula is C18H19ClFN2O+. The predicted octanol–water partition coefficient (Wildman–Crippen LogP) is 2.04. The van der Waals surface area contributed by atoms with Crippen LogP contribution in [-0.2, 0) is 0 Å². The van der Waals surface area contributed by atoms with Crippen molar-refractivity contribution in [3.8, 4) is 0 Å². The van der Waals surface area contributed by atoms with Crippen molar-refractivity contribution in [2.75, 3.05) is 38.1 Å². The zero-order chi connectivity index (χ0) is 16.4. The smallest absolute Gasteiger partial charge is 0.194 e. The van der Waals surface area contributed by atoms with Gasteiger partial charge in [0.05, 0.1) is 43.9 Å². The fraction of sp³-hybridized carbons (Fsp3) is 0.278. The van der Waals surface area contributed by atoms with Crippen molar-refractivity contribution in [1.82, 2.24) is 0 Å². The molecule has 0 bridgehead atoms. The van der Waals surface area contributed by atoms with E-state index in [-0.39, 0.29) is 11.3 Å². The first kappa shape index (κ1) is 16.0. The number of quaternary nitrogens is 1. The molecule has 1 fully saturated rings. The molecule has 0 amide bonds. The molecule has 5 heteroatoms. The molecule has 0 aliphatic carbocycles. The van der Waals surface area contributed by atoms with Crippen LogP contribution in [0.4, 0.5) is 10.1 Å². The number of carbonyl (C=O) groups is 1. The lowest BCUT2D eigenvalue weighted by Crippen LogP contribution is -3.12. The fourth-order valence-electron chi connectivity index (χ4n) is 2.83. The van der Waals surface area contributed by atoms with Crippen molar-refractivity contribution in [2.24, 2.45) is 0 Å². The largest absolute Gasteiger partial charge is 0.358 e. The number of benzene rings is 2. The Hall–Kier alpha value is -1.91. The van der Waals surface area contributed by atoms with Crippen molar-refractivity contribution in [1.29, 1.82) is 0 Å². The average molecular weight is 334 g/mol. The van der Waals surface area contributed by atoms with Gasteiger partial charge >= 0.3 is 0 Å². The third-order valence-corrected chi connectivity index (χ3v) is 4.59. The summed E-state index contributed by atoms with van der Waals surface area (Å²) in [6.45, 7) is 3.49. The molecule has 0 unspecified atom stereocenters.